The zero-order chi connectivity index (χ0) is 23.7. The van der Waals surface area contributed by atoms with Crippen LogP contribution in [0.4, 0.5) is 4.39 Å². The molecule has 176 valence electrons. The van der Waals surface area contributed by atoms with E-state index in [0.29, 0.717) is 18.0 Å². The summed E-state index contributed by atoms with van der Waals surface area (Å²) in [6.07, 6.45) is 2.82. The largest absolute Gasteiger partial charge is 0.486 e. The molecule has 5 rings (SSSR count). The van der Waals surface area contributed by atoms with E-state index in [1.54, 1.807) is 23.3 Å². The third-order valence-corrected chi connectivity index (χ3v) is 7.26. The maximum atomic E-state index is 14.0. The fourth-order valence-corrected chi connectivity index (χ4v) is 5.44. The summed E-state index contributed by atoms with van der Waals surface area (Å²) >= 11 is 1.41. The zero-order valence-electron chi connectivity index (χ0n) is 19.0. The van der Waals surface area contributed by atoms with Crippen LogP contribution in [0.2, 0.25) is 0 Å². The molecule has 8 heteroatoms. The Kier molecular flexibility index (Phi) is 6.32. The summed E-state index contributed by atoms with van der Waals surface area (Å²) in [5, 5.41) is 2.52. The van der Waals surface area contributed by atoms with Gasteiger partial charge in [-0.3, -0.25) is 9.59 Å². The highest BCUT2D eigenvalue weighted by atomic mass is 32.1. The standard InChI is InChI=1S/C26H26FN3O3S/c1-17(31)30-12-9-18-7-8-21(14-22(18)25(30)19-5-4-6-20(27)13-19)33-15-24-28-23(16-34-24)26(32)29-10-2-3-11-29/h4-8,13-14,16,25H,2-3,9-12,15H2,1H3/t25-/m0/s1. The highest BCUT2D eigenvalue weighted by Gasteiger charge is 2.31. The molecule has 2 amide bonds. The van der Waals surface area contributed by atoms with Crippen LogP contribution >= 0.6 is 11.3 Å². The molecule has 2 aromatic carbocycles. The van der Waals surface area contributed by atoms with Crippen LogP contribution in [-0.4, -0.2) is 46.2 Å². The number of ether oxygens (including phenoxy) is 1. The van der Waals surface area contributed by atoms with E-state index in [2.05, 4.69) is 4.98 Å². The first-order valence-corrected chi connectivity index (χ1v) is 12.4. The number of fused-ring (bicyclic) bond motifs is 1. The van der Waals surface area contributed by atoms with E-state index in [1.165, 1.54) is 23.5 Å². The lowest BCUT2D eigenvalue weighted by molar-refractivity contribution is -0.130. The van der Waals surface area contributed by atoms with Gasteiger partial charge in [0.25, 0.3) is 5.91 Å². The van der Waals surface area contributed by atoms with Gasteiger partial charge in [-0.15, -0.1) is 11.3 Å². The van der Waals surface area contributed by atoms with Crippen molar-refractivity contribution in [3.63, 3.8) is 0 Å². The summed E-state index contributed by atoms with van der Waals surface area (Å²) < 4.78 is 20.0. The van der Waals surface area contributed by atoms with Crippen LogP contribution in [0.15, 0.2) is 47.8 Å². The van der Waals surface area contributed by atoms with Crippen molar-refractivity contribution in [2.45, 2.75) is 38.8 Å². The van der Waals surface area contributed by atoms with E-state index in [9.17, 15) is 14.0 Å². The first-order chi connectivity index (χ1) is 16.5. The van der Waals surface area contributed by atoms with Crippen molar-refractivity contribution in [1.29, 1.82) is 0 Å². The van der Waals surface area contributed by atoms with Crippen molar-refractivity contribution in [3.8, 4) is 5.75 Å². The summed E-state index contributed by atoms with van der Waals surface area (Å²) in [5.74, 6) is 0.247. The average Bonchev–Trinajstić information content (AvgIpc) is 3.54. The Balaban J connectivity index is 1.36. The van der Waals surface area contributed by atoms with Crippen LogP contribution in [0.25, 0.3) is 0 Å². The van der Waals surface area contributed by atoms with Crippen LogP contribution in [0.1, 0.15) is 58.0 Å². The highest BCUT2D eigenvalue weighted by molar-refractivity contribution is 7.09. The Morgan fingerprint density at radius 1 is 1.15 bits per heavy atom. The fraction of sp³-hybridized carbons (Fsp3) is 0.346. The first kappa shape index (κ1) is 22.5. The molecular weight excluding hydrogens is 453 g/mol. The fourth-order valence-electron chi connectivity index (χ4n) is 4.76. The third-order valence-electron chi connectivity index (χ3n) is 6.44. The van der Waals surface area contributed by atoms with E-state index in [0.717, 1.165) is 54.0 Å². The predicted octanol–water partition coefficient (Wildman–Crippen LogP) is 4.59. The Bertz CT molecular complexity index is 1220. The predicted molar refractivity (Wildman–Crippen MR) is 127 cm³/mol. The molecule has 2 aliphatic heterocycles. The lowest BCUT2D eigenvalue weighted by atomic mass is 9.88. The second kappa shape index (κ2) is 9.54. The third kappa shape index (κ3) is 4.55. The number of hydrogen-bond donors (Lipinski definition) is 0. The Morgan fingerprint density at radius 3 is 2.74 bits per heavy atom. The molecule has 0 spiro atoms. The van der Waals surface area contributed by atoms with E-state index in [4.69, 9.17) is 4.74 Å². The monoisotopic (exact) mass is 479 g/mol. The van der Waals surface area contributed by atoms with Crippen LogP contribution in [0, 0.1) is 5.82 Å². The number of rotatable bonds is 5. The Labute approximate surface area is 202 Å². The van der Waals surface area contributed by atoms with E-state index in [-0.39, 0.29) is 30.3 Å². The molecule has 0 radical (unpaired) electrons. The summed E-state index contributed by atoms with van der Waals surface area (Å²) in [7, 11) is 0. The number of aromatic nitrogens is 1. The van der Waals surface area contributed by atoms with E-state index in [1.807, 2.05) is 29.2 Å². The van der Waals surface area contributed by atoms with Crippen LogP contribution in [0.5, 0.6) is 5.75 Å². The SMILES string of the molecule is CC(=O)N1CCc2ccc(OCc3nc(C(=O)N4CCCC4)cs3)cc2[C@@H]1c1cccc(F)c1. The van der Waals surface area contributed by atoms with Crippen LogP contribution in [0.3, 0.4) is 0 Å². The molecule has 0 aliphatic carbocycles. The molecule has 3 heterocycles. The number of hydrogen-bond acceptors (Lipinski definition) is 5. The minimum Gasteiger partial charge on any atom is -0.486 e. The maximum Gasteiger partial charge on any atom is 0.273 e. The number of halogens is 1. The van der Waals surface area contributed by atoms with Crippen molar-refractivity contribution in [2.24, 2.45) is 0 Å². The van der Waals surface area contributed by atoms with Gasteiger partial charge in [0.05, 0.1) is 6.04 Å². The van der Waals surface area contributed by atoms with Crippen molar-refractivity contribution >= 4 is 23.2 Å². The van der Waals surface area contributed by atoms with Gasteiger partial charge in [0.15, 0.2) is 0 Å². The molecule has 1 saturated heterocycles. The van der Waals surface area contributed by atoms with Crippen molar-refractivity contribution in [1.82, 2.24) is 14.8 Å². The van der Waals surface area contributed by atoms with Crippen molar-refractivity contribution in [2.75, 3.05) is 19.6 Å². The van der Waals surface area contributed by atoms with Crippen LogP contribution in [-0.2, 0) is 17.8 Å². The summed E-state index contributed by atoms with van der Waals surface area (Å²) in [6, 6.07) is 11.9. The Hall–Kier alpha value is -3.26. The number of carbonyl (C=O) groups excluding carboxylic acids is 2. The molecule has 0 N–H and O–H groups in total. The molecule has 1 atom stereocenters. The van der Waals surface area contributed by atoms with Gasteiger partial charge in [-0.2, -0.15) is 0 Å². The molecule has 2 aliphatic rings. The van der Waals surface area contributed by atoms with Crippen molar-refractivity contribution in [3.05, 3.63) is 81.1 Å². The second-order valence-corrected chi connectivity index (χ2v) is 9.64. The number of amides is 2. The quantitative estimate of drug-likeness (QED) is 0.537. The lowest BCUT2D eigenvalue weighted by Gasteiger charge is -2.37. The molecule has 0 unspecified atom stereocenters. The summed E-state index contributed by atoms with van der Waals surface area (Å²) in [6.45, 7) is 3.96. The topological polar surface area (TPSA) is 62.7 Å². The molecule has 1 fully saturated rings. The van der Waals surface area contributed by atoms with Gasteiger partial charge < -0.3 is 14.5 Å². The summed E-state index contributed by atoms with van der Waals surface area (Å²) in [4.78, 5) is 33.0. The van der Waals surface area contributed by atoms with E-state index >= 15 is 0 Å². The van der Waals surface area contributed by atoms with Crippen LogP contribution < -0.4 is 4.74 Å². The van der Waals surface area contributed by atoms with Gasteiger partial charge in [0.2, 0.25) is 5.91 Å². The van der Waals surface area contributed by atoms with Gasteiger partial charge >= 0.3 is 0 Å². The number of carbonyl (C=O) groups is 2. The summed E-state index contributed by atoms with van der Waals surface area (Å²) in [5.41, 5.74) is 3.26. The Morgan fingerprint density at radius 2 is 1.97 bits per heavy atom. The molecule has 0 bridgehead atoms. The number of benzene rings is 2. The minimum atomic E-state index is -0.370. The molecular formula is C26H26FN3O3S. The van der Waals surface area contributed by atoms with Gasteiger partial charge in [-0.05, 0) is 60.2 Å². The second-order valence-electron chi connectivity index (χ2n) is 8.70. The van der Waals surface area contributed by atoms with Gasteiger partial charge in [-0.25, -0.2) is 9.37 Å². The first-order valence-electron chi connectivity index (χ1n) is 11.5. The zero-order valence-corrected chi connectivity index (χ0v) is 19.8. The highest BCUT2D eigenvalue weighted by Crippen LogP contribution is 2.37. The number of thiazole rings is 1. The average molecular weight is 480 g/mol. The normalized spacial score (nSPS) is 17.5. The van der Waals surface area contributed by atoms with Gasteiger partial charge in [-0.1, -0.05) is 18.2 Å². The van der Waals surface area contributed by atoms with Crippen molar-refractivity contribution < 1.29 is 18.7 Å². The number of likely N-dealkylation sites (tertiary alicyclic amines) is 1. The van der Waals surface area contributed by atoms with Gasteiger partial charge in [0.1, 0.15) is 28.9 Å². The maximum absolute atomic E-state index is 14.0. The number of nitrogens with zero attached hydrogens (tertiary/aromatic N) is 3. The molecule has 0 saturated carbocycles. The smallest absolute Gasteiger partial charge is 0.273 e. The molecule has 1 aromatic heterocycles. The lowest BCUT2D eigenvalue weighted by Crippen LogP contribution is -2.39. The molecule has 6 nitrogen and oxygen atoms in total. The molecule has 34 heavy (non-hydrogen) atoms. The minimum absolute atomic E-state index is 0.0176. The molecule has 3 aromatic rings. The van der Waals surface area contributed by atoms with Gasteiger partial charge in [0, 0.05) is 31.9 Å². The van der Waals surface area contributed by atoms with E-state index < -0.39 is 0 Å².